The van der Waals surface area contributed by atoms with E-state index in [0.717, 1.165) is 12.6 Å². The molecule has 0 N–H and O–H groups in total. The highest BCUT2D eigenvalue weighted by atomic mass is 28.4. The first kappa shape index (κ1) is 18.1. The second-order valence-electron chi connectivity index (χ2n) is 6.05. The van der Waals surface area contributed by atoms with Crippen molar-refractivity contribution in [2.75, 3.05) is 47.5 Å². The van der Waals surface area contributed by atoms with E-state index in [4.69, 9.17) is 13.3 Å². The van der Waals surface area contributed by atoms with E-state index >= 15 is 0 Å². The van der Waals surface area contributed by atoms with E-state index in [-0.39, 0.29) is 0 Å². The molecule has 0 amide bonds. The summed E-state index contributed by atoms with van der Waals surface area (Å²) in [6, 6.07) is 0.935. The first-order chi connectivity index (χ1) is 9.66. The van der Waals surface area contributed by atoms with E-state index in [9.17, 15) is 0 Å². The molecule has 0 unspecified atom stereocenters. The van der Waals surface area contributed by atoms with Crippen LogP contribution in [0.3, 0.4) is 0 Å². The Kier molecular flexibility index (Phi) is 8.29. The average molecular weight is 305 g/mol. The Hall–Kier alpha value is 0.0569. The number of unbranched alkanes of at least 4 members (excludes halogenated alkanes) is 3. The maximum Gasteiger partial charge on any atom is 0.505 e. The minimum Gasteiger partial charge on any atom is -0.377 e. The van der Waals surface area contributed by atoms with Gasteiger partial charge in [0.05, 0.1) is 32.2 Å². The molecule has 0 radical (unpaired) electrons. The topological polar surface area (TPSA) is 27.7 Å². The molecule has 0 aromatic carbocycles. The van der Waals surface area contributed by atoms with Crippen LogP contribution in [0.1, 0.15) is 45.4 Å². The van der Waals surface area contributed by atoms with Crippen LogP contribution in [0.25, 0.3) is 0 Å². The Bertz CT molecular complexity index is 245. The largest absolute Gasteiger partial charge is 0.505 e. The van der Waals surface area contributed by atoms with Crippen molar-refractivity contribution >= 4 is 8.80 Å². The van der Waals surface area contributed by atoms with E-state index in [1.807, 2.05) is 0 Å². The summed E-state index contributed by atoms with van der Waals surface area (Å²) in [5.41, 5.74) is 0. The number of quaternary nitrogens is 1. The third kappa shape index (κ3) is 5.11. The molecule has 1 aliphatic heterocycles. The Labute approximate surface area is 126 Å². The Morgan fingerprint density at radius 3 is 1.95 bits per heavy atom. The fourth-order valence-electron chi connectivity index (χ4n) is 3.37. The predicted molar refractivity (Wildman–Crippen MR) is 84.7 cm³/mol. The standard InChI is InChI=1S/C15H34NO3Si/c1-5-6-7-8-11-16(12-9-10-13-16)14-15-20(17-2,18-3)19-4/h5-15H2,1-4H3/q+1. The van der Waals surface area contributed by atoms with Gasteiger partial charge in [-0.1, -0.05) is 19.8 Å². The van der Waals surface area contributed by atoms with Gasteiger partial charge >= 0.3 is 8.80 Å². The lowest BCUT2D eigenvalue weighted by atomic mass is 10.2. The van der Waals surface area contributed by atoms with Crippen LogP contribution in [0.2, 0.25) is 6.04 Å². The van der Waals surface area contributed by atoms with Crippen LogP contribution in [-0.2, 0) is 13.3 Å². The highest BCUT2D eigenvalue weighted by Crippen LogP contribution is 2.25. The molecule has 1 rings (SSSR count). The molecule has 1 heterocycles. The number of hydrogen-bond acceptors (Lipinski definition) is 3. The van der Waals surface area contributed by atoms with Gasteiger partial charge in [-0.05, 0) is 12.8 Å². The number of nitrogens with zero attached hydrogens (tertiary/aromatic N) is 1. The van der Waals surface area contributed by atoms with Crippen LogP contribution in [0, 0.1) is 0 Å². The van der Waals surface area contributed by atoms with Crippen molar-refractivity contribution in [2.45, 2.75) is 51.5 Å². The van der Waals surface area contributed by atoms with Gasteiger partial charge in [-0.15, -0.1) is 0 Å². The summed E-state index contributed by atoms with van der Waals surface area (Å²) in [7, 11) is 2.75. The monoisotopic (exact) mass is 304 g/mol. The van der Waals surface area contributed by atoms with Crippen LogP contribution < -0.4 is 0 Å². The third-order valence-corrected chi connectivity index (χ3v) is 7.53. The minimum absolute atomic E-state index is 0.935. The Morgan fingerprint density at radius 2 is 1.45 bits per heavy atom. The molecule has 1 fully saturated rings. The summed E-state index contributed by atoms with van der Waals surface area (Å²) < 4.78 is 18.0. The van der Waals surface area contributed by atoms with Gasteiger partial charge in [0.15, 0.2) is 0 Å². The van der Waals surface area contributed by atoms with Crippen molar-refractivity contribution in [3.05, 3.63) is 0 Å². The number of rotatable bonds is 11. The molecule has 0 atom stereocenters. The summed E-state index contributed by atoms with van der Waals surface area (Å²) in [5, 5.41) is 0. The van der Waals surface area contributed by atoms with E-state index < -0.39 is 8.80 Å². The number of hydrogen-bond donors (Lipinski definition) is 0. The summed E-state index contributed by atoms with van der Waals surface area (Å²) in [5.74, 6) is 0. The molecule has 5 heteroatoms. The first-order valence-electron chi connectivity index (χ1n) is 8.16. The highest BCUT2D eigenvalue weighted by molar-refractivity contribution is 6.60. The van der Waals surface area contributed by atoms with Crippen molar-refractivity contribution in [3.8, 4) is 0 Å². The van der Waals surface area contributed by atoms with E-state index in [2.05, 4.69) is 6.92 Å². The summed E-state index contributed by atoms with van der Waals surface area (Å²) in [6.45, 7) is 7.40. The lowest BCUT2D eigenvalue weighted by molar-refractivity contribution is -0.915. The van der Waals surface area contributed by atoms with Gasteiger partial charge in [-0.3, -0.25) is 0 Å². The summed E-state index contributed by atoms with van der Waals surface area (Å²) >= 11 is 0. The third-order valence-electron chi connectivity index (χ3n) is 4.83. The second kappa shape index (κ2) is 9.15. The van der Waals surface area contributed by atoms with Crippen molar-refractivity contribution in [1.82, 2.24) is 0 Å². The fraction of sp³-hybridized carbons (Fsp3) is 1.00. The summed E-state index contributed by atoms with van der Waals surface area (Å²) in [6.07, 6.45) is 8.15. The Balaban J connectivity index is 2.49. The van der Waals surface area contributed by atoms with Crippen LogP contribution >= 0.6 is 0 Å². The summed E-state index contributed by atoms with van der Waals surface area (Å²) in [4.78, 5) is 0. The molecule has 20 heavy (non-hydrogen) atoms. The van der Waals surface area contributed by atoms with Crippen molar-refractivity contribution in [3.63, 3.8) is 0 Å². The average Bonchev–Trinajstić information content (AvgIpc) is 2.95. The van der Waals surface area contributed by atoms with E-state index in [1.54, 1.807) is 21.3 Å². The SMILES string of the molecule is CCCCCC[N+]1(CC[Si](OC)(OC)OC)CCCC1. The van der Waals surface area contributed by atoms with Crippen LogP contribution in [-0.4, -0.2) is 60.8 Å². The molecular formula is C15H34NO3Si+. The molecule has 4 nitrogen and oxygen atoms in total. The second-order valence-corrected chi connectivity index (χ2v) is 9.14. The zero-order chi connectivity index (χ0) is 14.9. The molecule has 0 bridgehead atoms. The normalized spacial score (nSPS) is 18.6. The maximum absolute atomic E-state index is 5.57. The van der Waals surface area contributed by atoms with E-state index in [1.165, 1.54) is 62.6 Å². The molecule has 0 aliphatic carbocycles. The highest BCUT2D eigenvalue weighted by Gasteiger charge is 2.42. The van der Waals surface area contributed by atoms with Gasteiger partial charge in [0.2, 0.25) is 0 Å². The minimum atomic E-state index is -2.40. The molecule has 0 aromatic heterocycles. The van der Waals surface area contributed by atoms with Crippen molar-refractivity contribution in [1.29, 1.82) is 0 Å². The van der Waals surface area contributed by atoms with Gasteiger partial charge < -0.3 is 17.8 Å². The van der Waals surface area contributed by atoms with Crippen molar-refractivity contribution in [2.24, 2.45) is 0 Å². The Morgan fingerprint density at radius 1 is 0.850 bits per heavy atom. The quantitative estimate of drug-likeness (QED) is 0.333. The van der Waals surface area contributed by atoms with Gasteiger partial charge in [0.25, 0.3) is 0 Å². The zero-order valence-corrected chi connectivity index (χ0v) is 15.0. The molecule has 0 saturated carbocycles. The fourth-order valence-corrected chi connectivity index (χ4v) is 5.23. The molecule has 1 saturated heterocycles. The van der Waals surface area contributed by atoms with Crippen LogP contribution in [0.5, 0.6) is 0 Å². The molecular weight excluding hydrogens is 270 g/mol. The van der Waals surface area contributed by atoms with Crippen molar-refractivity contribution < 1.29 is 17.8 Å². The first-order valence-corrected chi connectivity index (χ1v) is 10.1. The van der Waals surface area contributed by atoms with Crippen LogP contribution in [0.4, 0.5) is 0 Å². The van der Waals surface area contributed by atoms with Gasteiger partial charge in [0.1, 0.15) is 0 Å². The molecule has 0 aromatic rings. The van der Waals surface area contributed by atoms with E-state index in [0.29, 0.717) is 0 Å². The molecule has 0 spiro atoms. The smallest absolute Gasteiger partial charge is 0.377 e. The number of likely N-dealkylation sites (tertiary alicyclic amines) is 1. The van der Waals surface area contributed by atoms with Gasteiger partial charge in [-0.25, -0.2) is 0 Å². The molecule has 120 valence electrons. The van der Waals surface area contributed by atoms with Crippen LogP contribution in [0.15, 0.2) is 0 Å². The maximum atomic E-state index is 5.57. The molecule has 1 aliphatic rings. The van der Waals surface area contributed by atoms with Gasteiger partial charge in [0, 0.05) is 34.2 Å². The zero-order valence-electron chi connectivity index (χ0n) is 14.0. The van der Waals surface area contributed by atoms with Gasteiger partial charge in [-0.2, -0.15) is 0 Å². The lowest BCUT2D eigenvalue weighted by Crippen LogP contribution is -2.52. The predicted octanol–water partition coefficient (Wildman–Crippen LogP) is 3.06. The lowest BCUT2D eigenvalue weighted by Gasteiger charge is -2.36.